The molecule has 27 heavy (non-hydrogen) atoms. The van der Waals surface area contributed by atoms with E-state index in [1.54, 1.807) is 19.2 Å². The smallest absolute Gasteiger partial charge is 0.387 e. The largest absolute Gasteiger partial charge is 0.435 e. The molecular weight excluding hydrogens is 358 g/mol. The topological polar surface area (TPSA) is 78.4 Å². The molecule has 0 aliphatic heterocycles. The Kier molecular flexibility index (Phi) is 11.3. The molecule has 0 aliphatic carbocycles. The number of aliphatic imine (C=N–C) groups is 1. The molecule has 1 atom stereocenters. The zero-order valence-corrected chi connectivity index (χ0v) is 16.1. The van der Waals surface area contributed by atoms with Crippen LogP contribution in [0.15, 0.2) is 29.3 Å². The maximum atomic E-state index is 12.2. The number of alkyl halides is 2. The van der Waals surface area contributed by atoms with Crippen molar-refractivity contribution in [3.8, 4) is 5.75 Å². The number of nitrogens with one attached hydrogen (secondary N) is 2. The van der Waals surface area contributed by atoms with Crippen LogP contribution in [0.2, 0.25) is 0 Å². The molecule has 3 N–H and O–H groups in total. The number of nitrogens with zero attached hydrogens (tertiary/aromatic N) is 2. The van der Waals surface area contributed by atoms with Gasteiger partial charge in [0.15, 0.2) is 5.96 Å². The maximum absolute atomic E-state index is 12.2. The molecule has 7 nitrogen and oxygen atoms in total. The highest BCUT2D eigenvalue weighted by molar-refractivity contribution is 5.79. The van der Waals surface area contributed by atoms with Gasteiger partial charge in [-0.2, -0.15) is 8.78 Å². The van der Waals surface area contributed by atoms with Gasteiger partial charge in [-0.1, -0.05) is 12.1 Å². The van der Waals surface area contributed by atoms with E-state index in [0.717, 1.165) is 13.1 Å². The van der Waals surface area contributed by atoms with Crippen LogP contribution in [0.3, 0.4) is 0 Å². The first-order chi connectivity index (χ1) is 13.0. The fourth-order valence-corrected chi connectivity index (χ4v) is 2.22. The normalized spacial score (nSPS) is 13.1. The number of hydrogen-bond acceptors (Lipinski definition) is 5. The van der Waals surface area contributed by atoms with Crippen molar-refractivity contribution in [2.75, 3.05) is 53.5 Å². The number of hydrogen-bond donors (Lipinski definition) is 3. The number of benzene rings is 1. The Labute approximate surface area is 159 Å². The van der Waals surface area contributed by atoms with Crippen molar-refractivity contribution in [3.63, 3.8) is 0 Å². The van der Waals surface area contributed by atoms with Gasteiger partial charge in [0.2, 0.25) is 0 Å². The number of guanidine groups is 1. The lowest BCUT2D eigenvalue weighted by atomic mass is 10.1. The monoisotopic (exact) mass is 388 g/mol. The van der Waals surface area contributed by atoms with Crippen LogP contribution in [0.25, 0.3) is 0 Å². The molecule has 1 aromatic rings. The van der Waals surface area contributed by atoms with Gasteiger partial charge in [0.25, 0.3) is 0 Å². The number of halogens is 2. The lowest BCUT2D eigenvalue weighted by Gasteiger charge is -2.18. The molecule has 0 saturated carbocycles. The molecule has 0 bridgehead atoms. The molecule has 0 radical (unpaired) electrons. The molecule has 1 rings (SSSR count). The highest BCUT2D eigenvalue weighted by Gasteiger charge is 2.09. The Bertz CT molecular complexity index is 544. The summed E-state index contributed by atoms with van der Waals surface area (Å²) in [6.07, 6.45) is -0.842. The summed E-state index contributed by atoms with van der Waals surface area (Å²) in [5.74, 6) is 0.659. The summed E-state index contributed by atoms with van der Waals surface area (Å²) in [6.45, 7) is 2.97. The van der Waals surface area contributed by atoms with Crippen LogP contribution in [0.4, 0.5) is 8.78 Å². The summed E-state index contributed by atoms with van der Waals surface area (Å²) < 4.78 is 33.7. The van der Waals surface area contributed by atoms with Gasteiger partial charge in [-0.25, -0.2) is 0 Å². The van der Waals surface area contributed by atoms with Gasteiger partial charge in [0.05, 0.1) is 19.3 Å². The molecule has 0 fully saturated rings. The van der Waals surface area contributed by atoms with Gasteiger partial charge >= 0.3 is 6.61 Å². The summed E-state index contributed by atoms with van der Waals surface area (Å²) in [6, 6.07) is 5.88. The van der Waals surface area contributed by atoms with Crippen LogP contribution in [0.1, 0.15) is 18.6 Å². The molecule has 0 aromatic heterocycles. The van der Waals surface area contributed by atoms with Crippen LogP contribution < -0.4 is 15.4 Å². The van der Waals surface area contributed by atoms with E-state index in [1.165, 1.54) is 12.1 Å². The van der Waals surface area contributed by atoms with Crippen molar-refractivity contribution in [1.82, 2.24) is 15.5 Å². The highest BCUT2D eigenvalue weighted by atomic mass is 19.3. The zero-order valence-electron chi connectivity index (χ0n) is 16.1. The van der Waals surface area contributed by atoms with E-state index in [0.29, 0.717) is 31.2 Å². The van der Waals surface area contributed by atoms with Crippen molar-refractivity contribution >= 4 is 5.96 Å². The van der Waals surface area contributed by atoms with E-state index in [9.17, 15) is 13.9 Å². The Balaban J connectivity index is 2.50. The number of ether oxygens (including phenoxy) is 2. The molecule has 0 spiro atoms. The average molecular weight is 388 g/mol. The summed E-state index contributed by atoms with van der Waals surface area (Å²) >= 11 is 0. The van der Waals surface area contributed by atoms with Gasteiger partial charge in [0, 0.05) is 33.3 Å². The first-order valence-corrected chi connectivity index (χ1v) is 8.88. The SMILES string of the molecule is CCNC(=NCC(O)c1ccc(OC(F)F)cc1)NCCN(C)CCOC. The molecule has 1 aromatic carbocycles. The lowest BCUT2D eigenvalue weighted by Crippen LogP contribution is -2.41. The fraction of sp³-hybridized carbons (Fsp3) is 0.611. The van der Waals surface area contributed by atoms with E-state index < -0.39 is 12.7 Å². The first kappa shape index (κ1) is 23.1. The standard InChI is InChI=1S/C18H30F2N4O3/c1-4-21-18(22-9-10-24(2)11-12-26-3)23-13-16(25)14-5-7-15(8-6-14)27-17(19)20/h5-8,16-17,25H,4,9-13H2,1-3H3,(H2,21,22,23). The van der Waals surface area contributed by atoms with E-state index >= 15 is 0 Å². The minimum absolute atomic E-state index is 0.0528. The van der Waals surface area contributed by atoms with Crippen molar-refractivity contribution < 1.29 is 23.4 Å². The second kappa shape index (κ2) is 13.2. The van der Waals surface area contributed by atoms with Gasteiger partial charge < -0.3 is 30.1 Å². The van der Waals surface area contributed by atoms with Crippen LogP contribution in [-0.2, 0) is 4.74 Å². The van der Waals surface area contributed by atoms with Gasteiger partial charge in [-0.05, 0) is 31.7 Å². The van der Waals surface area contributed by atoms with Gasteiger partial charge in [0.1, 0.15) is 5.75 Å². The summed E-state index contributed by atoms with van der Waals surface area (Å²) in [5.41, 5.74) is 0.579. The summed E-state index contributed by atoms with van der Waals surface area (Å²) in [4.78, 5) is 6.51. The number of aliphatic hydroxyl groups is 1. The number of methoxy groups -OCH3 is 1. The minimum Gasteiger partial charge on any atom is -0.435 e. The van der Waals surface area contributed by atoms with E-state index in [2.05, 4.69) is 25.3 Å². The summed E-state index contributed by atoms with van der Waals surface area (Å²) in [5, 5.41) is 16.6. The lowest BCUT2D eigenvalue weighted by molar-refractivity contribution is -0.0498. The first-order valence-electron chi connectivity index (χ1n) is 8.88. The van der Waals surface area contributed by atoms with E-state index in [4.69, 9.17) is 4.74 Å². The Morgan fingerprint density at radius 3 is 2.52 bits per heavy atom. The molecule has 0 aliphatic rings. The third-order valence-electron chi connectivity index (χ3n) is 3.72. The Morgan fingerprint density at radius 1 is 1.22 bits per heavy atom. The molecule has 1 unspecified atom stereocenters. The maximum Gasteiger partial charge on any atom is 0.387 e. The predicted molar refractivity (Wildman–Crippen MR) is 101 cm³/mol. The molecule has 154 valence electrons. The van der Waals surface area contributed by atoms with Crippen LogP contribution >= 0.6 is 0 Å². The van der Waals surface area contributed by atoms with Crippen molar-refractivity contribution in [2.24, 2.45) is 4.99 Å². The molecule has 0 saturated heterocycles. The number of likely N-dealkylation sites (N-methyl/N-ethyl adjacent to an activating group) is 1. The second-order valence-corrected chi connectivity index (χ2v) is 5.91. The molecule has 0 heterocycles. The second-order valence-electron chi connectivity index (χ2n) is 5.91. The molecule has 9 heteroatoms. The number of aliphatic hydroxyl groups excluding tert-OH is 1. The quantitative estimate of drug-likeness (QED) is 0.372. The average Bonchev–Trinajstić information content (AvgIpc) is 2.64. The third-order valence-corrected chi connectivity index (χ3v) is 3.72. The third kappa shape index (κ3) is 10.1. The Morgan fingerprint density at radius 2 is 1.93 bits per heavy atom. The van der Waals surface area contributed by atoms with Crippen LogP contribution in [0.5, 0.6) is 5.75 Å². The minimum atomic E-state index is -2.87. The fourth-order valence-electron chi connectivity index (χ4n) is 2.22. The van der Waals surface area contributed by atoms with Crippen molar-refractivity contribution in [2.45, 2.75) is 19.6 Å². The molecular formula is C18H30F2N4O3. The van der Waals surface area contributed by atoms with E-state index in [1.807, 2.05) is 14.0 Å². The Hall–Kier alpha value is -1.97. The molecule has 0 amide bonds. The van der Waals surface area contributed by atoms with Crippen LogP contribution in [0, 0.1) is 0 Å². The van der Waals surface area contributed by atoms with Gasteiger partial charge in [-0.15, -0.1) is 0 Å². The van der Waals surface area contributed by atoms with E-state index in [-0.39, 0.29) is 12.3 Å². The highest BCUT2D eigenvalue weighted by Crippen LogP contribution is 2.19. The predicted octanol–water partition coefficient (Wildman–Crippen LogP) is 1.45. The zero-order chi connectivity index (χ0) is 20.1. The van der Waals surface area contributed by atoms with Crippen LogP contribution in [-0.4, -0.2) is 76.1 Å². The van der Waals surface area contributed by atoms with Crippen molar-refractivity contribution in [3.05, 3.63) is 29.8 Å². The number of rotatable bonds is 12. The van der Waals surface area contributed by atoms with Crippen molar-refractivity contribution in [1.29, 1.82) is 0 Å². The van der Waals surface area contributed by atoms with Gasteiger partial charge in [-0.3, -0.25) is 4.99 Å². The summed E-state index contributed by atoms with van der Waals surface area (Å²) in [7, 11) is 3.68.